The van der Waals surface area contributed by atoms with Crippen LogP contribution >= 0.6 is 0 Å². The number of amides is 1. The molecule has 0 spiro atoms. The molecular formula is C15H23NO2. The number of nitrogens with one attached hydrogen (secondary N) is 1. The van der Waals surface area contributed by atoms with Crippen LogP contribution in [0.5, 0.6) is 0 Å². The maximum Gasteiger partial charge on any atom is 0.407 e. The van der Waals surface area contributed by atoms with Gasteiger partial charge in [-0.1, -0.05) is 30.7 Å². The summed E-state index contributed by atoms with van der Waals surface area (Å²) in [4.78, 5) is 11.7. The van der Waals surface area contributed by atoms with Crippen molar-refractivity contribution in [2.75, 3.05) is 6.61 Å². The smallest absolute Gasteiger partial charge is 0.407 e. The molecule has 0 aromatic carbocycles. The first-order valence-electron chi connectivity index (χ1n) is 6.55. The Morgan fingerprint density at radius 3 is 2.83 bits per heavy atom. The van der Waals surface area contributed by atoms with Crippen LogP contribution in [0.15, 0.2) is 36.5 Å². The van der Waals surface area contributed by atoms with Gasteiger partial charge < -0.3 is 10.1 Å². The van der Waals surface area contributed by atoms with Crippen molar-refractivity contribution >= 4 is 6.09 Å². The van der Waals surface area contributed by atoms with Crippen LogP contribution in [-0.4, -0.2) is 18.7 Å². The van der Waals surface area contributed by atoms with E-state index in [9.17, 15) is 4.79 Å². The zero-order valence-corrected chi connectivity index (χ0v) is 11.3. The Morgan fingerprint density at radius 2 is 2.22 bits per heavy atom. The molecule has 0 heterocycles. The molecule has 3 heteroatoms. The number of hydrogen-bond donors (Lipinski definition) is 1. The van der Waals surface area contributed by atoms with E-state index in [1.165, 1.54) is 0 Å². The molecule has 0 radical (unpaired) electrons. The topological polar surface area (TPSA) is 38.3 Å². The maximum atomic E-state index is 11.7. The van der Waals surface area contributed by atoms with E-state index in [2.05, 4.69) is 11.9 Å². The zero-order chi connectivity index (χ0) is 13.4. The Morgan fingerprint density at radius 1 is 1.44 bits per heavy atom. The van der Waals surface area contributed by atoms with Gasteiger partial charge in [0, 0.05) is 6.04 Å². The van der Waals surface area contributed by atoms with Crippen molar-refractivity contribution in [2.45, 2.75) is 39.2 Å². The van der Waals surface area contributed by atoms with Crippen molar-refractivity contribution in [3.8, 4) is 0 Å². The molecule has 1 saturated carbocycles. The molecule has 100 valence electrons. The number of ether oxygens (including phenoxy) is 1. The normalized spacial score (nSPS) is 24.2. The van der Waals surface area contributed by atoms with Crippen molar-refractivity contribution in [3.63, 3.8) is 0 Å². The van der Waals surface area contributed by atoms with Gasteiger partial charge in [-0.15, -0.1) is 6.58 Å². The molecular weight excluding hydrogens is 226 g/mol. The van der Waals surface area contributed by atoms with E-state index in [4.69, 9.17) is 4.74 Å². The minimum Gasteiger partial charge on any atom is -0.445 e. The van der Waals surface area contributed by atoms with E-state index in [1.54, 1.807) is 0 Å². The summed E-state index contributed by atoms with van der Waals surface area (Å²) >= 11 is 0. The summed E-state index contributed by atoms with van der Waals surface area (Å²) in [5, 5.41) is 2.92. The van der Waals surface area contributed by atoms with Gasteiger partial charge in [0.25, 0.3) is 0 Å². The molecule has 2 atom stereocenters. The predicted octanol–water partition coefficient (Wildman–Crippen LogP) is 3.59. The number of allylic oxidation sites excluding steroid dienone is 2. The number of carbonyl (C=O) groups excluding carboxylic acids is 1. The first-order chi connectivity index (χ1) is 8.71. The molecule has 2 unspecified atom stereocenters. The lowest BCUT2D eigenvalue weighted by Gasteiger charge is -2.17. The molecule has 0 aliphatic heterocycles. The summed E-state index contributed by atoms with van der Waals surface area (Å²) in [5.74, 6) is 0.384. The van der Waals surface area contributed by atoms with Crippen molar-refractivity contribution in [1.82, 2.24) is 5.32 Å². The van der Waals surface area contributed by atoms with E-state index >= 15 is 0 Å². The van der Waals surface area contributed by atoms with Gasteiger partial charge in [0.05, 0.1) is 0 Å². The highest BCUT2D eigenvalue weighted by Gasteiger charge is 2.26. The van der Waals surface area contributed by atoms with Gasteiger partial charge in [-0.2, -0.15) is 0 Å². The predicted molar refractivity (Wildman–Crippen MR) is 74.4 cm³/mol. The summed E-state index contributed by atoms with van der Waals surface area (Å²) in [6, 6.07) is 0.186. The molecule has 0 bridgehead atoms. The summed E-state index contributed by atoms with van der Waals surface area (Å²) in [6.45, 7) is 7.99. The van der Waals surface area contributed by atoms with Crippen LogP contribution in [0.1, 0.15) is 33.1 Å². The number of hydrogen-bond acceptors (Lipinski definition) is 2. The Balaban J connectivity index is 2.35. The maximum absolute atomic E-state index is 11.7. The highest BCUT2D eigenvalue weighted by molar-refractivity contribution is 5.68. The first kappa shape index (κ1) is 14.6. The van der Waals surface area contributed by atoms with Crippen molar-refractivity contribution < 1.29 is 9.53 Å². The second-order valence-electron chi connectivity index (χ2n) is 4.52. The van der Waals surface area contributed by atoms with Crippen LogP contribution in [0, 0.1) is 5.92 Å². The number of rotatable bonds is 5. The van der Waals surface area contributed by atoms with Gasteiger partial charge in [0.1, 0.15) is 6.61 Å². The molecule has 0 aromatic heterocycles. The van der Waals surface area contributed by atoms with Crippen molar-refractivity contribution in [2.24, 2.45) is 5.92 Å². The molecule has 1 fully saturated rings. The second-order valence-corrected chi connectivity index (χ2v) is 4.52. The fourth-order valence-corrected chi connectivity index (χ4v) is 2.23. The lowest BCUT2D eigenvalue weighted by molar-refractivity contribution is 0.151. The van der Waals surface area contributed by atoms with Crippen LogP contribution in [0.4, 0.5) is 4.79 Å². The van der Waals surface area contributed by atoms with E-state index in [1.807, 2.05) is 38.2 Å². The molecule has 1 aliphatic carbocycles. The fourth-order valence-electron chi connectivity index (χ4n) is 2.23. The van der Waals surface area contributed by atoms with Crippen molar-refractivity contribution in [3.05, 3.63) is 36.5 Å². The standard InChI is InChI=1S/C15H23NO2/c1-4-8-12(5-2)11-18-15(17)16-14-10-7-9-13(14)6-3/h4-6,8,13-14H,3,7,9-11H2,1-2H3,(H,16,17). The van der Waals surface area contributed by atoms with Crippen LogP contribution in [0.25, 0.3) is 0 Å². The minimum absolute atomic E-state index is 0.186. The Bertz CT molecular complexity index is 344. The lowest BCUT2D eigenvalue weighted by atomic mass is 10.0. The average Bonchev–Trinajstić information content (AvgIpc) is 2.81. The Hall–Kier alpha value is -1.51. The van der Waals surface area contributed by atoms with Gasteiger partial charge in [0.15, 0.2) is 0 Å². The van der Waals surface area contributed by atoms with Gasteiger partial charge >= 0.3 is 6.09 Å². The monoisotopic (exact) mass is 249 g/mol. The van der Waals surface area contributed by atoms with Gasteiger partial charge in [-0.25, -0.2) is 4.79 Å². The van der Waals surface area contributed by atoms with Crippen LogP contribution in [-0.2, 0) is 4.74 Å². The van der Waals surface area contributed by atoms with E-state index in [0.717, 1.165) is 24.8 Å². The molecule has 1 rings (SSSR count). The largest absolute Gasteiger partial charge is 0.445 e. The average molecular weight is 249 g/mol. The van der Waals surface area contributed by atoms with Gasteiger partial charge in [-0.3, -0.25) is 0 Å². The zero-order valence-electron chi connectivity index (χ0n) is 11.3. The van der Waals surface area contributed by atoms with Crippen LogP contribution < -0.4 is 5.32 Å². The lowest BCUT2D eigenvalue weighted by Crippen LogP contribution is -2.37. The number of alkyl carbamates (subject to hydrolysis) is 1. The number of carbonyl (C=O) groups is 1. The fraction of sp³-hybridized carbons (Fsp3) is 0.533. The second kappa shape index (κ2) is 7.75. The first-order valence-corrected chi connectivity index (χ1v) is 6.55. The SMILES string of the molecule is C=CC1CCCC1NC(=O)OCC(C=CC)=CC. The third-order valence-electron chi connectivity index (χ3n) is 3.30. The summed E-state index contributed by atoms with van der Waals surface area (Å²) < 4.78 is 5.20. The van der Waals surface area contributed by atoms with E-state index in [0.29, 0.717) is 12.5 Å². The van der Waals surface area contributed by atoms with Gasteiger partial charge in [0.2, 0.25) is 0 Å². The Kier molecular flexibility index (Phi) is 6.26. The van der Waals surface area contributed by atoms with Gasteiger partial charge in [-0.05, 0) is 38.2 Å². The molecule has 0 saturated heterocycles. The quantitative estimate of drug-likeness (QED) is 0.597. The molecule has 3 nitrogen and oxygen atoms in total. The van der Waals surface area contributed by atoms with E-state index < -0.39 is 0 Å². The molecule has 1 aliphatic rings. The minimum atomic E-state index is -0.336. The van der Waals surface area contributed by atoms with Crippen molar-refractivity contribution in [1.29, 1.82) is 0 Å². The highest BCUT2D eigenvalue weighted by Crippen LogP contribution is 2.26. The molecule has 0 aromatic rings. The third-order valence-corrected chi connectivity index (χ3v) is 3.30. The molecule has 1 N–H and O–H groups in total. The van der Waals surface area contributed by atoms with Crippen LogP contribution in [0.3, 0.4) is 0 Å². The Labute approximate surface area is 110 Å². The molecule has 18 heavy (non-hydrogen) atoms. The third kappa shape index (κ3) is 4.40. The summed E-state index contributed by atoms with van der Waals surface area (Å²) in [5.41, 5.74) is 0.999. The molecule has 1 amide bonds. The highest BCUT2D eigenvalue weighted by atomic mass is 16.5. The van der Waals surface area contributed by atoms with Crippen LogP contribution in [0.2, 0.25) is 0 Å². The summed E-state index contributed by atoms with van der Waals surface area (Å²) in [7, 11) is 0. The van der Waals surface area contributed by atoms with E-state index in [-0.39, 0.29) is 12.1 Å². The summed E-state index contributed by atoms with van der Waals surface area (Å²) in [6.07, 6.45) is 10.7.